The van der Waals surface area contributed by atoms with Crippen LogP contribution in [-0.2, 0) is 6.42 Å². The van der Waals surface area contributed by atoms with E-state index in [1.54, 1.807) is 35.3 Å². The Labute approximate surface area is 228 Å². The molecule has 8 bridgehead atoms. The van der Waals surface area contributed by atoms with Gasteiger partial charge in [-0.05, 0) is 35.9 Å². The summed E-state index contributed by atoms with van der Waals surface area (Å²) < 4.78 is 18.0. The quantitative estimate of drug-likeness (QED) is 0.249. The van der Waals surface area contributed by atoms with E-state index in [2.05, 4.69) is 20.2 Å². The minimum Gasteiger partial charge on any atom is -0.300 e. The molecule has 192 valence electrons. The predicted octanol–water partition coefficient (Wildman–Crippen LogP) is 6.80. The molecule has 0 atom stereocenters. The van der Waals surface area contributed by atoms with Gasteiger partial charge in [0, 0.05) is 34.8 Å². The number of rotatable bonds is 2. The molecule has 0 aliphatic carbocycles. The second-order valence-corrected chi connectivity index (χ2v) is 10.6. The Bertz CT molecular complexity index is 2300. The van der Waals surface area contributed by atoms with Gasteiger partial charge in [0.1, 0.15) is 27.4 Å². The number of H-pyrrole nitrogens is 2. The first-order valence-corrected chi connectivity index (χ1v) is 13.4. The number of halogens is 1. The molecule has 8 nitrogen and oxygen atoms in total. The van der Waals surface area contributed by atoms with Crippen molar-refractivity contribution in [3.8, 4) is 11.3 Å². The van der Waals surface area contributed by atoms with Crippen LogP contribution in [-0.4, -0.2) is 40.6 Å². The van der Waals surface area contributed by atoms with Crippen molar-refractivity contribution >= 4 is 70.8 Å². The van der Waals surface area contributed by atoms with Gasteiger partial charge in [0.25, 0.3) is 0 Å². The summed E-state index contributed by atoms with van der Waals surface area (Å²) in [4.78, 5) is 33.2. The number of carbonyl (C=O) groups excluding carboxylic acids is 1. The monoisotopic (exact) mass is 543 g/mol. The van der Waals surface area contributed by atoms with Crippen LogP contribution in [0.3, 0.4) is 0 Å². The van der Waals surface area contributed by atoms with Crippen LogP contribution < -0.4 is 0 Å². The number of thiophene rings is 1. The highest BCUT2D eigenvalue weighted by atomic mass is 32.1. The molecular weight excluding hydrogens is 525 g/mol. The molecule has 6 heterocycles. The number of benzene rings is 2. The summed E-state index contributed by atoms with van der Waals surface area (Å²) in [6, 6.07) is 20.2. The molecule has 6 aromatic rings. The fraction of sp³-hybridized carbons (Fsp3) is 0.0333. The van der Waals surface area contributed by atoms with Gasteiger partial charge < -0.3 is 0 Å². The summed E-state index contributed by atoms with van der Waals surface area (Å²) in [6.45, 7) is 0. The Balaban J connectivity index is 1.54. The van der Waals surface area contributed by atoms with Crippen LogP contribution >= 0.6 is 11.3 Å². The highest BCUT2D eigenvalue weighted by Crippen LogP contribution is 2.33. The number of hydrogen-bond acceptors (Lipinski definition) is 6. The molecule has 2 aliphatic rings. The number of nitrogens with one attached hydrogen (secondary N) is 2. The second kappa shape index (κ2) is 8.65. The number of carbonyl (C=O) groups is 1. The summed E-state index contributed by atoms with van der Waals surface area (Å²) in [7, 11) is 0. The van der Waals surface area contributed by atoms with E-state index in [9.17, 15) is 4.79 Å². The molecule has 4 aromatic heterocycles. The van der Waals surface area contributed by atoms with Crippen LogP contribution in [0.4, 0.5) is 4.39 Å². The minimum absolute atomic E-state index is 0.136. The number of pyridine rings is 2. The molecule has 0 fully saturated rings. The highest BCUT2D eigenvalue weighted by Gasteiger charge is 2.17. The van der Waals surface area contributed by atoms with Crippen molar-refractivity contribution in [2.45, 2.75) is 6.42 Å². The van der Waals surface area contributed by atoms with Crippen molar-refractivity contribution in [1.82, 2.24) is 34.7 Å². The lowest BCUT2D eigenvalue weighted by Gasteiger charge is -2.08. The van der Waals surface area contributed by atoms with Crippen molar-refractivity contribution in [2.75, 3.05) is 0 Å². The molecule has 2 aromatic carbocycles. The van der Waals surface area contributed by atoms with Gasteiger partial charge in [-0.15, -0.1) is 11.3 Å². The van der Waals surface area contributed by atoms with E-state index in [-0.39, 0.29) is 12.3 Å². The normalized spacial score (nSPS) is 11.8. The van der Waals surface area contributed by atoms with Gasteiger partial charge in [-0.3, -0.25) is 29.5 Å². The van der Waals surface area contributed by atoms with Crippen molar-refractivity contribution in [3.63, 3.8) is 0 Å². The fourth-order valence-electron chi connectivity index (χ4n) is 5.18. The van der Waals surface area contributed by atoms with E-state index < -0.39 is 5.82 Å². The third kappa shape index (κ3) is 3.53. The molecule has 40 heavy (non-hydrogen) atoms. The van der Waals surface area contributed by atoms with E-state index in [1.165, 1.54) is 17.4 Å². The Morgan fingerprint density at radius 3 is 2.75 bits per heavy atom. The van der Waals surface area contributed by atoms with Gasteiger partial charge in [0.15, 0.2) is 5.65 Å². The average molecular weight is 544 g/mol. The zero-order valence-corrected chi connectivity index (χ0v) is 21.5. The molecule has 8 rings (SSSR count). The number of nitrogens with zero attached hydrogens (tertiary/aromatic N) is 5. The van der Waals surface area contributed by atoms with Gasteiger partial charge >= 0.3 is 0 Å². The first-order valence-electron chi connectivity index (χ1n) is 12.6. The van der Waals surface area contributed by atoms with Gasteiger partial charge in [0.2, 0.25) is 5.91 Å². The zero-order valence-electron chi connectivity index (χ0n) is 20.7. The summed E-state index contributed by atoms with van der Waals surface area (Å²) >= 11 is 1.43. The number of fused-ring (bicyclic) bond motifs is 9. The minimum atomic E-state index is -0.418. The lowest BCUT2D eigenvalue weighted by molar-refractivity contribution is 0.0924. The van der Waals surface area contributed by atoms with Gasteiger partial charge in [-0.1, -0.05) is 30.3 Å². The Kier molecular flexibility index (Phi) is 4.92. The van der Waals surface area contributed by atoms with Crippen LogP contribution in [0.1, 0.15) is 10.4 Å². The van der Waals surface area contributed by atoms with Crippen LogP contribution in [0.25, 0.3) is 64.8 Å². The largest absolute Gasteiger partial charge is 0.300 e. The predicted molar refractivity (Wildman–Crippen MR) is 155 cm³/mol. The average Bonchev–Trinajstić information content (AvgIpc) is 3.71. The molecule has 2 N–H and O–H groups in total. The standard InChI is InChI=1S/C30H18FN7OS/c31-21-13-23-20-12-19(21)17-11-18(15-32-14-17)38(25(39)10-16-4-2-1-3-5-16)26-7-6-24(40-26)29-28-22(8-9-33-29)34-30(35-28)27(20)37-36-23/h1-9,11-15,36-37H,10H2. The van der Waals surface area contributed by atoms with E-state index in [0.29, 0.717) is 54.5 Å². The molecule has 0 saturated heterocycles. The fourth-order valence-corrected chi connectivity index (χ4v) is 6.22. The third-order valence-corrected chi connectivity index (χ3v) is 8.13. The lowest BCUT2D eigenvalue weighted by atomic mass is 10.1. The summed E-state index contributed by atoms with van der Waals surface area (Å²) in [5.74, 6) is -0.555. The summed E-state index contributed by atoms with van der Waals surface area (Å²) in [6.07, 6.45) is 5.12. The molecule has 10 heteroatoms. The van der Waals surface area contributed by atoms with Crippen LogP contribution in [0, 0.1) is 5.82 Å². The van der Waals surface area contributed by atoms with E-state index in [1.807, 2.05) is 48.5 Å². The Hall–Kier alpha value is -5.22. The van der Waals surface area contributed by atoms with E-state index in [0.717, 1.165) is 15.8 Å². The zero-order chi connectivity index (χ0) is 26.8. The van der Waals surface area contributed by atoms with Crippen molar-refractivity contribution in [1.29, 1.82) is 0 Å². The smallest absolute Gasteiger partial charge is 0.236 e. The van der Waals surface area contributed by atoms with Crippen LogP contribution in [0.5, 0.6) is 0 Å². The van der Waals surface area contributed by atoms with Crippen molar-refractivity contribution in [2.24, 2.45) is 0 Å². The lowest BCUT2D eigenvalue weighted by Crippen LogP contribution is -2.14. The summed E-state index contributed by atoms with van der Waals surface area (Å²) in [5, 5.41) is 7.05. The summed E-state index contributed by atoms with van der Waals surface area (Å²) in [5.41, 5.74) is 5.89. The first kappa shape index (κ1) is 22.7. The molecule has 0 radical (unpaired) electrons. The first-order chi connectivity index (χ1) is 19.6. The Morgan fingerprint density at radius 2 is 1.85 bits per heavy atom. The van der Waals surface area contributed by atoms with E-state index >= 15 is 4.39 Å². The van der Waals surface area contributed by atoms with E-state index in [4.69, 9.17) is 9.97 Å². The maximum Gasteiger partial charge on any atom is 0.236 e. The SMILES string of the molecule is O=C(Cc1ccccc1)n1c2cncc(c2)c2cc3c(cc2F)[nH][nH]c-3c2nc3ccnc(c4ccc1s4)c3n2. The van der Waals surface area contributed by atoms with Gasteiger partial charge in [-0.25, -0.2) is 14.4 Å². The maximum absolute atomic E-state index is 15.5. The second-order valence-electron chi connectivity index (χ2n) is 9.54. The molecule has 0 unspecified atom stereocenters. The van der Waals surface area contributed by atoms with Crippen LogP contribution in [0.15, 0.2) is 85.3 Å². The molecule has 0 spiro atoms. The molecule has 0 amide bonds. The Morgan fingerprint density at radius 1 is 0.950 bits per heavy atom. The van der Waals surface area contributed by atoms with Crippen molar-refractivity contribution < 1.29 is 9.18 Å². The third-order valence-electron chi connectivity index (χ3n) is 7.06. The molecule has 2 aliphatic heterocycles. The van der Waals surface area contributed by atoms with Gasteiger partial charge in [-0.2, -0.15) is 0 Å². The van der Waals surface area contributed by atoms with Crippen molar-refractivity contribution in [3.05, 3.63) is 96.7 Å². The number of aromatic amines is 2. The maximum atomic E-state index is 15.5. The van der Waals surface area contributed by atoms with Gasteiger partial charge in [0.05, 0.1) is 33.9 Å². The molecule has 0 saturated carbocycles. The highest BCUT2D eigenvalue weighted by molar-refractivity contribution is 7.24. The van der Waals surface area contributed by atoms with Crippen LogP contribution in [0.2, 0.25) is 0 Å². The number of aromatic nitrogens is 7. The number of hydrogen-bond donors (Lipinski definition) is 2. The topological polar surface area (TPSA) is 105 Å². The molecular formula is C30H18FN7OS. The number of imidazole rings is 1.